The van der Waals surface area contributed by atoms with Crippen LogP contribution < -0.4 is 5.32 Å². The number of hydrogen-bond acceptors (Lipinski definition) is 5. The van der Waals surface area contributed by atoms with E-state index in [9.17, 15) is 15.0 Å². The smallest absolute Gasteiger partial charge is 0.340 e. The Morgan fingerprint density at radius 3 is 2.62 bits per heavy atom. The Kier molecular flexibility index (Phi) is 4.55. The average molecular weight is 308 g/mol. The van der Waals surface area contributed by atoms with E-state index in [4.69, 9.17) is 16.3 Å². The Hall–Kier alpha value is -2.40. The zero-order valence-corrected chi connectivity index (χ0v) is 12.0. The molecule has 0 heterocycles. The van der Waals surface area contributed by atoms with Crippen molar-refractivity contribution in [1.29, 1.82) is 0 Å². The molecule has 0 aliphatic rings. The minimum Gasteiger partial charge on any atom is -0.504 e. The third-order valence-corrected chi connectivity index (χ3v) is 3.14. The van der Waals surface area contributed by atoms with Crippen LogP contribution in [0.15, 0.2) is 36.4 Å². The van der Waals surface area contributed by atoms with E-state index in [-0.39, 0.29) is 11.5 Å². The summed E-state index contributed by atoms with van der Waals surface area (Å²) < 4.78 is 4.71. The number of nitrogens with one attached hydrogen (secondary N) is 1. The highest BCUT2D eigenvalue weighted by atomic mass is 35.5. The van der Waals surface area contributed by atoms with Crippen LogP contribution in [0.5, 0.6) is 11.5 Å². The maximum Gasteiger partial charge on any atom is 0.340 e. The second-order valence-corrected chi connectivity index (χ2v) is 4.79. The van der Waals surface area contributed by atoms with Crippen molar-refractivity contribution < 1.29 is 19.7 Å². The molecule has 0 radical (unpaired) electrons. The summed E-state index contributed by atoms with van der Waals surface area (Å²) in [5.41, 5.74) is 1.64. The molecule has 21 heavy (non-hydrogen) atoms. The normalized spacial score (nSPS) is 10.2. The molecule has 5 nitrogen and oxygen atoms in total. The van der Waals surface area contributed by atoms with Crippen LogP contribution in [0.2, 0.25) is 5.02 Å². The Balaban J connectivity index is 2.19. The first kappa shape index (κ1) is 15.0. The zero-order chi connectivity index (χ0) is 15.4. The van der Waals surface area contributed by atoms with Gasteiger partial charge < -0.3 is 20.3 Å². The number of carbonyl (C=O) groups is 1. The van der Waals surface area contributed by atoms with Crippen molar-refractivity contribution in [2.24, 2.45) is 0 Å². The van der Waals surface area contributed by atoms with Gasteiger partial charge in [-0.15, -0.1) is 0 Å². The molecule has 0 aliphatic heterocycles. The van der Waals surface area contributed by atoms with Crippen LogP contribution in [0, 0.1) is 0 Å². The van der Waals surface area contributed by atoms with Crippen molar-refractivity contribution in [1.82, 2.24) is 0 Å². The summed E-state index contributed by atoms with van der Waals surface area (Å²) in [6.07, 6.45) is 0. The Labute approximate surface area is 126 Å². The maximum absolute atomic E-state index is 11.7. The topological polar surface area (TPSA) is 78.8 Å². The standard InChI is InChI=1S/C15H14ClNO4/c1-21-15(20)11-7-10(16)3-4-12(11)17-8-9-2-5-13(18)14(19)6-9/h2-7,17-19H,8H2,1H3. The van der Waals surface area contributed by atoms with Gasteiger partial charge in [0.05, 0.1) is 12.7 Å². The van der Waals surface area contributed by atoms with Crippen molar-refractivity contribution >= 4 is 23.3 Å². The van der Waals surface area contributed by atoms with Crippen LogP contribution in [0.3, 0.4) is 0 Å². The fourth-order valence-electron chi connectivity index (χ4n) is 1.83. The second kappa shape index (κ2) is 6.37. The van der Waals surface area contributed by atoms with Gasteiger partial charge in [0.1, 0.15) is 0 Å². The van der Waals surface area contributed by atoms with E-state index in [1.807, 2.05) is 0 Å². The first-order valence-electron chi connectivity index (χ1n) is 6.14. The molecule has 0 unspecified atom stereocenters. The number of hydrogen-bond donors (Lipinski definition) is 3. The van der Waals surface area contributed by atoms with Crippen molar-refractivity contribution in [3.63, 3.8) is 0 Å². The largest absolute Gasteiger partial charge is 0.504 e. The van der Waals surface area contributed by atoms with Crippen LogP contribution >= 0.6 is 11.6 Å². The van der Waals surface area contributed by atoms with E-state index in [2.05, 4.69) is 5.32 Å². The highest BCUT2D eigenvalue weighted by Gasteiger charge is 2.12. The third-order valence-electron chi connectivity index (χ3n) is 2.91. The number of rotatable bonds is 4. The van der Waals surface area contributed by atoms with Crippen LogP contribution in [-0.2, 0) is 11.3 Å². The molecule has 2 aromatic rings. The molecule has 2 aromatic carbocycles. The monoisotopic (exact) mass is 307 g/mol. The molecule has 0 aliphatic carbocycles. The van der Waals surface area contributed by atoms with Gasteiger partial charge in [-0.1, -0.05) is 17.7 Å². The second-order valence-electron chi connectivity index (χ2n) is 4.36. The minimum atomic E-state index is -0.492. The fraction of sp³-hybridized carbons (Fsp3) is 0.133. The number of anilines is 1. The molecule has 0 aromatic heterocycles. The highest BCUT2D eigenvalue weighted by molar-refractivity contribution is 6.31. The van der Waals surface area contributed by atoms with Gasteiger partial charge in [-0.05, 0) is 35.9 Å². The lowest BCUT2D eigenvalue weighted by Gasteiger charge is -2.11. The van der Waals surface area contributed by atoms with Gasteiger partial charge in [0.15, 0.2) is 11.5 Å². The summed E-state index contributed by atoms with van der Waals surface area (Å²) >= 11 is 5.88. The Bertz CT molecular complexity index is 673. The molecular formula is C15H14ClNO4. The fourth-order valence-corrected chi connectivity index (χ4v) is 2.00. The summed E-state index contributed by atoms with van der Waals surface area (Å²) in [6, 6.07) is 9.35. The lowest BCUT2D eigenvalue weighted by atomic mass is 10.1. The first-order chi connectivity index (χ1) is 10.0. The molecule has 0 atom stereocenters. The van der Waals surface area contributed by atoms with Crippen molar-refractivity contribution in [3.8, 4) is 11.5 Å². The number of methoxy groups -OCH3 is 1. The number of phenolic OH excluding ortho intramolecular Hbond substituents is 2. The first-order valence-corrected chi connectivity index (χ1v) is 6.51. The summed E-state index contributed by atoms with van der Waals surface area (Å²) in [4.78, 5) is 11.7. The Morgan fingerprint density at radius 1 is 1.19 bits per heavy atom. The van der Waals surface area contributed by atoms with Crippen molar-refractivity contribution in [2.45, 2.75) is 6.54 Å². The summed E-state index contributed by atoms with van der Waals surface area (Å²) in [6.45, 7) is 0.361. The molecule has 0 saturated carbocycles. The average Bonchev–Trinajstić information content (AvgIpc) is 2.48. The molecule has 0 bridgehead atoms. The lowest BCUT2D eigenvalue weighted by Crippen LogP contribution is -2.08. The molecule has 110 valence electrons. The van der Waals surface area contributed by atoms with Gasteiger partial charge in [-0.25, -0.2) is 4.79 Å². The lowest BCUT2D eigenvalue weighted by molar-refractivity contribution is 0.0602. The molecular weight excluding hydrogens is 294 g/mol. The van der Waals surface area contributed by atoms with E-state index in [1.54, 1.807) is 18.2 Å². The molecule has 3 N–H and O–H groups in total. The van der Waals surface area contributed by atoms with E-state index in [0.717, 1.165) is 5.56 Å². The van der Waals surface area contributed by atoms with Gasteiger partial charge in [0.25, 0.3) is 0 Å². The predicted octanol–water partition coefficient (Wildman–Crippen LogP) is 3.15. The van der Waals surface area contributed by atoms with E-state index >= 15 is 0 Å². The summed E-state index contributed by atoms with van der Waals surface area (Å²) in [7, 11) is 1.30. The molecule has 0 fully saturated rings. The maximum atomic E-state index is 11.7. The van der Waals surface area contributed by atoms with Gasteiger partial charge in [0, 0.05) is 17.3 Å². The number of ether oxygens (including phenoxy) is 1. The van der Waals surface area contributed by atoms with Crippen molar-refractivity contribution in [2.75, 3.05) is 12.4 Å². The predicted molar refractivity (Wildman–Crippen MR) is 79.9 cm³/mol. The number of halogens is 1. The number of phenols is 2. The molecule has 6 heteroatoms. The van der Waals surface area contributed by atoms with Crippen LogP contribution in [0.1, 0.15) is 15.9 Å². The number of aromatic hydroxyl groups is 2. The van der Waals surface area contributed by atoms with E-state index in [1.165, 1.54) is 25.3 Å². The molecule has 2 rings (SSSR count). The Morgan fingerprint density at radius 2 is 1.95 bits per heavy atom. The number of carbonyl (C=O) groups excluding carboxylic acids is 1. The molecule has 0 amide bonds. The zero-order valence-electron chi connectivity index (χ0n) is 11.3. The molecule has 0 saturated heterocycles. The van der Waals surface area contributed by atoms with Gasteiger partial charge in [0.2, 0.25) is 0 Å². The minimum absolute atomic E-state index is 0.180. The van der Waals surface area contributed by atoms with Gasteiger partial charge >= 0.3 is 5.97 Å². The van der Waals surface area contributed by atoms with Gasteiger partial charge in [-0.3, -0.25) is 0 Å². The molecule has 0 spiro atoms. The summed E-state index contributed by atoms with van der Waals surface area (Å²) in [5.74, 6) is -0.868. The highest BCUT2D eigenvalue weighted by Crippen LogP contribution is 2.26. The van der Waals surface area contributed by atoms with Crippen LogP contribution in [0.4, 0.5) is 5.69 Å². The van der Waals surface area contributed by atoms with Crippen molar-refractivity contribution in [3.05, 3.63) is 52.5 Å². The van der Waals surface area contributed by atoms with Crippen LogP contribution in [0.25, 0.3) is 0 Å². The number of esters is 1. The SMILES string of the molecule is COC(=O)c1cc(Cl)ccc1NCc1ccc(O)c(O)c1. The van der Waals surface area contributed by atoms with Crippen LogP contribution in [-0.4, -0.2) is 23.3 Å². The number of benzene rings is 2. The third kappa shape index (κ3) is 3.58. The summed E-state index contributed by atoms with van der Waals surface area (Å²) in [5, 5.41) is 22.2. The van der Waals surface area contributed by atoms with E-state index < -0.39 is 5.97 Å². The van der Waals surface area contributed by atoms with Gasteiger partial charge in [-0.2, -0.15) is 0 Å². The quantitative estimate of drug-likeness (QED) is 0.597. The van der Waals surface area contributed by atoms with E-state index in [0.29, 0.717) is 22.8 Å².